The number of aromatic nitrogens is 2. The van der Waals surface area contributed by atoms with Crippen molar-refractivity contribution in [1.29, 1.82) is 0 Å². The van der Waals surface area contributed by atoms with Gasteiger partial charge in [0, 0.05) is 12.7 Å². The number of carbonyl (C=O) groups is 1. The van der Waals surface area contributed by atoms with Crippen LogP contribution in [0, 0.1) is 0 Å². The van der Waals surface area contributed by atoms with Crippen molar-refractivity contribution in [3.63, 3.8) is 0 Å². The summed E-state index contributed by atoms with van der Waals surface area (Å²) in [7, 11) is 0. The lowest BCUT2D eigenvalue weighted by atomic mass is 9.95. The van der Waals surface area contributed by atoms with Crippen molar-refractivity contribution in [3.05, 3.63) is 52.9 Å². The zero-order valence-electron chi connectivity index (χ0n) is 10.6. The molecule has 6 heteroatoms. The first-order valence-corrected chi connectivity index (χ1v) is 6.70. The van der Waals surface area contributed by atoms with Gasteiger partial charge in [-0.3, -0.25) is 4.79 Å². The van der Waals surface area contributed by atoms with Crippen LogP contribution in [-0.2, 0) is 17.8 Å². The van der Waals surface area contributed by atoms with Gasteiger partial charge in [-0.2, -0.15) is 0 Å². The summed E-state index contributed by atoms with van der Waals surface area (Å²) < 4.78 is 0. The lowest BCUT2D eigenvalue weighted by molar-refractivity contribution is -0.118. The van der Waals surface area contributed by atoms with Crippen LogP contribution in [0.4, 0.5) is 5.82 Å². The Kier molecular flexibility index (Phi) is 3.62. The third-order valence-corrected chi connectivity index (χ3v) is 3.46. The number of halogens is 1. The van der Waals surface area contributed by atoms with Crippen LogP contribution in [0.5, 0.6) is 0 Å². The Morgan fingerprint density at radius 2 is 2.10 bits per heavy atom. The highest BCUT2D eigenvalue weighted by Gasteiger charge is 2.24. The van der Waals surface area contributed by atoms with E-state index in [1.165, 1.54) is 17.3 Å². The highest BCUT2D eigenvalue weighted by Crippen LogP contribution is 2.17. The molecule has 1 aromatic carbocycles. The van der Waals surface area contributed by atoms with Gasteiger partial charge in [-0.05, 0) is 35.2 Å². The first kappa shape index (κ1) is 13.0. The van der Waals surface area contributed by atoms with E-state index in [1.807, 2.05) is 12.1 Å². The van der Waals surface area contributed by atoms with Crippen molar-refractivity contribution in [3.8, 4) is 0 Å². The second kappa shape index (κ2) is 5.56. The summed E-state index contributed by atoms with van der Waals surface area (Å²) in [6, 6.07) is 9.46. The minimum absolute atomic E-state index is 0.116. The van der Waals surface area contributed by atoms with Crippen molar-refractivity contribution in [2.24, 2.45) is 0 Å². The second-order valence-corrected chi connectivity index (χ2v) is 4.94. The van der Waals surface area contributed by atoms with Gasteiger partial charge in [0.15, 0.2) is 0 Å². The van der Waals surface area contributed by atoms with Crippen molar-refractivity contribution in [2.75, 3.05) is 5.32 Å². The van der Waals surface area contributed by atoms with Gasteiger partial charge in [0.2, 0.25) is 11.2 Å². The summed E-state index contributed by atoms with van der Waals surface area (Å²) in [5, 5.41) is 6.08. The molecule has 3 rings (SSSR count). The van der Waals surface area contributed by atoms with Crippen LogP contribution in [0.25, 0.3) is 0 Å². The monoisotopic (exact) mass is 288 g/mol. The predicted octanol–water partition coefficient (Wildman–Crippen LogP) is 1.78. The molecular formula is C14H13ClN4O. The number of hydrogen-bond donors (Lipinski definition) is 2. The summed E-state index contributed by atoms with van der Waals surface area (Å²) >= 11 is 5.69. The van der Waals surface area contributed by atoms with Crippen LogP contribution >= 0.6 is 11.6 Å². The molecule has 5 nitrogen and oxygen atoms in total. The van der Waals surface area contributed by atoms with Crippen LogP contribution in [0.15, 0.2) is 36.5 Å². The molecule has 1 aliphatic rings. The van der Waals surface area contributed by atoms with Crippen LogP contribution in [0.2, 0.25) is 5.28 Å². The summed E-state index contributed by atoms with van der Waals surface area (Å²) in [6.45, 7) is 0.693. The number of benzene rings is 1. The van der Waals surface area contributed by atoms with Gasteiger partial charge in [-0.25, -0.2) is 9.97 Å². The quantitative estimate of drug-likeness (QED) is 0.827. The van der Waals surface area contributed by atoms with Gasteiger partial charge in [-0.15, -0.1) is 0 Å². The largest absolute Gasteiger partial charge is 0.309 e. The standard InChI is InChI=1S/C14H13ClN4O/c15-14-16-6-5-12(19-14)18-13(20)11-7-9-3-1-2-4-10(9)8-17-11/h1-6,11,17H,7-8H2,(H,16,18,19,20)/t11-/m0/s1. The van der Waals surface area contributed by atoms with E-state index in [2.05, 4.69) is 32.7 Å². The summed E-state index contributed by atoms with van der Waals surface area (Å²) in [5.74, 6) is 0.296. The smallest absolute Gasteiger partial charge is 0.243 e. The minimum atomic E-state index is -0.265. The van der Waals surface area contributed by atoms with E-state index >= 15 is 0 Å². The maximum atomic E-state index is 12.2. The molecular weight excluding hydrogens is 276 g/mol. The number of nitrogens with one attached hydrogen (secondary N) is 2. The minimum Gasteiger partial charge on any atom is -0.309 e. The van der Waals surface area contributed by atoms with Crippen LogP contribution in [-0.4, -0.2) is 21.9 Å². The third kappa shape index (κ3) is 2.79. The molecule has 0 aliphatic carbocycles. The van der Waals surface area contributed by atoms with Crippen molar-refractivity contribution in [1.82, 2.24) is 15.3 Å². The van der Waals surface area contributed by atoms with E-state index in [1.54, 1.807) is 6.07 Å². The maximum Gasteiger partial charge on any atom is 0.243 e. The average molecular weight is 289 g/mol. The molecule has 0 fully saturated rings. The number of hydrogen-bond acceptors (Lipinski definition) is 4. The van der Waals surface area contributed by atoms with E-state index in [-0.39, 0.29) is 17.2 Å². The lowest BCUT2D eigenvalue weighted by Gasteiger charge is -2.25. The molecule has 2 aromatic rings. The SMILES string of the molecule is O=C(Nc1ccnc(Cl)n1)[C@@H]1Cc2ccccc2CN1. The molecule has 1 atom stereocenters. The topological polar surface area (TPSA) is 66.9 Å². The number of carbonyl (C=O) groups excluding carboxylic acids is 1. The summed E-state index contributed by atoms with van der Waals surface area (Å²) in [6.07, 6.45) is 2.18. The predicted molar refractivity (Wildman–Crippen MR) is 76.4 cm³/mol. The number of nitrogens with zero attached hydrogens (tertiary/aromatic N) is 2. The molecule has 102 valence electrons. The molecule has 2 heterocycles. The molecule has 2 N–H and O–H groups in total. The first-order valence-electron chi connectivity index (χ1n) is 6.32. The normalized spacial score (nSPS) is 17.4. The van der Waals surface area contributed by atoms with E-state index in [0.717, 1.165) is 0 Å². The summed E-state index contributed by atoms with van der Waals surface area (Å²) in [5.41, 5.74) is 2.44. The Balaban J connectivity index is 1.70. The van der Waals surface area contributed by atoms with Gasteiger partial charge in [0.25, 0.3) is 0 Å². The lowest BCUT2D eigenvalue weighted by Crippen LogP contribution is -2.44. The van der Waals surface area contributed by atoms with Crippen molar-refractivity contribution < 1.29 is 4.79 Å². The van der Waals surface area contributed by atoms with Gasteiger partial charge in [0.05, 0.1) is 6.04 Å². The zero-order chi connectivity index (χ0) is 13.9. The van der Waals surface area contributed by atoms with Gasteiger partial charge in [-0.1, -0.05) is 24.3 Å². The molecule has 1 amide bonds. The van der Waals surface area contributed by atoms with E-state index in [4.69, 9.17) is 11.6 Å². The molecule has 0 spiro atoms. The molecule has 0 saturated carbocycles. The molecule has 0 unspecified atom stereocenters. The fourth-order valence-electron chi connectivity index (χ4n) is 2.26. The second-order valence-electron chi connectivity index (χ2n) is 4.61. The fraction of sp³-hybridized carbons (Fsp3) is 0.214. The number of fused-ring (bicyclic) bond motifs is 1. The Morgan fingerprint density at radius 1 is 1.30 bits per heavy atom. The van der Waals surface area contributed by atoms with Crippen LogP contribution in [0.1, 0.15) is 11.1 Å². The van der Waals surface area contributed by atoms with Gasteiger partial charge < -0.3 is 10.6 Å². The molecule has 0 saturated heterocycles. The van der Waals surface area contributed by atoms with Gasteiger partial charge >= 0.3 is 0 Å². The van der Waals surface area contributed by atoms with E-state index in [0.29, 0.717) is 18.8 Å². The maximum absolute atomic E-state index is 12.2. The molecule has 1 aliphatic heterocycles. The molecule has 0 bridgehead atoms. The molecule has 1 aromatic heterocycles. The highest BCUT2D eigenvalue weighted by molar-refractivity contribution is 6.28. The number of anilines is 1. The van der Waals surface area contributed by atoms with Crippen molar-refractivity contribution >= 4 is 23.3 Å². The average Bonchev–Trinajstić information content (AvgIpc) is 2.47. The van der Waals surface area contributed by atoms with E-state index < -0.39 is 0 Å². The Labute approximate surface area is 121 Å². The number of rotatable bonds is 2. The van der Waals surface area contributed by atoms with Crippen LogP contribution < -0.4 is 10.6 Å². The Bertz CT molecular complexity index is 647. The highest BCUT2D eigenvalue weighted by atomic mass is 35.5. The third-order valence-electron chi connectivity index (χ3n) is 3.28. The Morgan fingerprint density at radius 3 is 2.90 bits per heavy atom. The summed E-state index contributed by atoms with van der Waals surface area (Å²) in [4.78, 5) is 19.9. The molecule has 0 radical (unpaired) electrons. The number of amides is 1. The van der Waals surface area contributed by atoms with Gasteiger partial charge in [0.1, 0.15) is 5.82 Å². The first-order chi connectivity index (χ1) is 9.72. The zero-order valence-corrected chi connectivity index (χ0v) is 11.4. The van der Waals surface area contributed by atoms with E-state index in [9.17, 15) is 4.79 Å². The van der Waals surface area contributed by atoms with Crippen molar-refractivity contribution in [2.45, 2.75) is 19.0 Å². The molecule has 20 heavy (non-hydrogen) atoms. The van der Waals surface area contributed by atoms with Crippen LogP contribution in [0.3, 0.4) is 0 Å². The Hall–Kier alpha value is -1.98. The fourth-order valence-corrected chi connectivity index (χ4v) is 2.40.